The van der Waals surface area contributed by atoms with Crippen molar-refractivity contribution >= 4 is 11.0 Å². The molecule has 0 bridgehead atoms. The lowest BCUT2D eigenvalue weighted by Crippen LogP contribution is -2.15. The van der Waals surface area contributed by atoms with E-state index >= 15 is 0 Å². The van der Waals surface area contributed by atoms with E-state index in [0.717, 1.165) is 29.2 Å². The van der Waals surface area contributed by atoms with Gasteiger partial charge in [0.15, 0.2) is 0 Å². The van der Waals surface area contributed by atoms with E-state index in [4.69, 9.17) is 10.00 Å². The minimum absolute atomic E-state index is 0.484. The van der Waals surface area contributed by atoms with Crippen molar-refractivity contribution in [3.63, 3.8) is 0 Å². The molecule has 0 unspecified atom stereocenters. The van der Waals surface area contributed by atoms with Crippen LogP contribution in [0.4, 0.5) is 0 Å². The lowest BCUT2D eigenvalue weighted by molar-refractivity contribution is 0.382. The lowest BCUT2D eigenvalue weighted by atomic mass is 10.3. The maximum atomic E-state index is 8.78. The minimum Gasteiger partial charge on any atom is -0.497 e. The second-order valence-corrected chi connectivity index (χ2v) is 4.68. The summed E-state index contributed by atoms with van der Waals surface area (Å²) in [4.78, 5) is 6.72. The molecule has 0 aliphatic rings. The molecule has 1 aromatic heterocycles. The number of hydrogen-bond acceptors (Lipinski definition) is 4. The first kappa shape index (κ1) is 13.4. The number of fused-ring (bicyclic) bond motifs is 1. The summed E-state index contributed by atoms with van der Waals surface area (Å²) in [6.07, 6.45) is 0.484. The Labute approximate surface area is 113 Å². The average Bonchev–Trinajstić information content (AvgIpc) is 2.71. The second-order valence-electron chi connectivity index (χ2n) is 4.68. The Morgan fingerprint density at radius 2 is 2.21 bits per heavy atom. The Kier molecular flexibility index (Phi) is 4.03. The molecule has 0 saturated heterocycles. The highest BCUT2D eigenvalue weighted by Crippen LogP contribution is 2.22. The van der Waals surface area contributed by atoms with Gasteiger partial charge in [0.1, 0.15) is 11.6 Å². The number of nitriles is 1. The molecule has 5 heteroatoms. The predicted molar refractivity (Wildman–Crippen MR) is 73.9 cm³/mol. The molecule has 0 amide bonds. The molecule has 2 aromatic rings. The van der Waals surface area contributed by atoms with Crippen LogP contribution in [-0.4, -0.2) is 35.7 Å². The molecule has 1 heterocycles. The molecule has 0 aliphatic carbocycles. The molecule has 0 N–H and O–H groups in total. The van der Waals surface area contributed by atoms with Gasteiger partial charge in [0.05, 0.1) is 37.2 Å². The van der Waals surface area contributed by atoms with Gasteiger partial charge in [-0.05, 0) is 26.2 Å². The van der Waals surface area contributed by atoms with Gasteiger partial charge < -0.3 is 14.2 Å². The van der Waals surface area contributed by atoms with E-state index in [1.807, 2.05) is 32.3 Å². The average molecular weight is 258 g/mol. The van der Waals surface area contributed by atoms with Crippen LogP contribution in [0.25, 0.3) is 11.0 Å². The summed E-state index contributed by atoms with van der Waals surface area (Å²) < 4.78 is 7.33. The Bertz CT molecular complexity index is 610. The van der Waals surface area contributed by atoms with Gasteiger partial charge in [0.2, 0.25) is 0 Å². The number of rotatable bonds is 5. The van der Waals surface area contributed by atoms with E-state index in [0.29, 0.717) is 13.0 Å². The summed E-state index contributed by atoms with van der Waals surface area (Å²) in [5.41, 5.74) is 1.96. The van der Waals surface area contributed by atoms with Crippen LogP contribution in [0.1, 0.15) is 12.2 Å². The van der Waals surface area contributed by atoms with Crippen molar-refractivity contribution in [3.05, 3.63) is 24.0 Å². The topological polar surface area (TPSA) is 54.1 Å². The van der Waals surface area contributed by atoms with Crippen molar-refractivity contribution in [1.29, 1.82) is 5.26 Å². The van der Waals surface area contributed by atoms with Crippen molar-refractivity contribution < 1.29 is 4.74 Å². The van der Waals surface area contributed by atoms with E-state index in [1.54, 1.807) is 7.11 Å². The van der Waals surface area contributed by atoms with E-state index in [1.165, 1.54) is 0 Å². The van der Waals surface area contributed by atoms with Crippen molar-refractivity contribution in [2.24, 2.45) is 0 Å². The third kappa shape index (κ3) is 2.85. The monoisotopic (exact) mass is 258 g/mol. The first-order chi connectivity index (χ1) is 9.15. The number of methoxy groups -OCH3 is 1. The van der Waals surface area contributed by atoms with Gasteiger partial charge in [-0.25, -0.2) is 4.98 Å². The molecule has 0 fully saturated rings. The maximum absolute atomic E-state index is 8.78. The fourth-order valence-electron chi connectivity index (χ4n) is 2.10. The van der Waals surface area contributed by atoms with Crippen LogP contribution >= 0.6 is 0 Å². The van der Waals surface area contributed by atoms with Crippen molar-refractivity contribution in [3.8, 4) is 11.8 Å². The number of nitrogens with zero attached hydrogens (tertiary/aromatic N) is 4. The molecule has 2 rings (SSSR count). The zero-order valence-corrected chi connectivity index (χ0v) is 11.6. The molecule has 5 nitrogen and oxygen atoms in total. The molecule has 1 aromatic carbocycles. The molecule has 0 spiro atoms. The van der Waals surface area contributed by atoms with Gasteiger partial charge in [-0.15, -0.1) is 0 Å². The van der Waals surface area contributed by atoms with Crippen LogP contribution < -0.4 is 4.74 Å². The van der Waals surface area contributed by atoms with E-state index in [9.17, 15) is 0 Å². The summed E-state index contributed by atoms with van der Waals surface area (Å²) in [7, 11) is 5.66. The lowest BCUT2D eigenvalue weighted by Gasteiger charge is -2.11. The first-order valence-electron chi connectivity index (χ1n) is 6.20. The number of imidazole rings is 1. The molecule has 0 aliphatic heterocycles. The minimum atomic E-state index is 0.484. The van der Waals surface area contributed by atoms with Crippen LogP contribution in [-0.2, 0) is 13.1 Å². The van der Waals surface area contributed by atoms with Gasteiger partial charge in [-0.3, -0.25) is 0 Å². The highest BCUT2D eigenvalue weighted by Gasteiger charge is 2.11. The first-order valence-corrected chi connectivity index (χ1v) is 6.20. The molecule has 0 saturated carbocycles. The Balaban J connectivity index is 2.49. The summed E-state index contributed by atoms with van der Waals surface area (Å²) >= 11 is 0. The molecule has 0 radical (unpaired) electrons. The van der Waals surface area contributed by atoms with Crippen LogP contribution in [0.3, 0.4) is 0 Å². The van der Waals surface area contributed by atoms with E-state index < -0.39 is 0 Å². The van der Waals surface area contributed by atoms with Crippen LogP contribution in [0.15, 0.2) is 18.2 Å². The molecule has 19 heavy (non-hydrogen) atoms. The van der Waals surface area contributed by atoms with Gasteiger partial charge >= 0.3 is 0 Å². The number of hydrogen-bond donors (Lipinski definition) is 0. The molecule has 0 atom stereocenters. The number of benzene rings is 1. The largest absolute Gasteiger partial charge is 0.497 e. The van der Waals surface area contributed by atoms with E-state index in [-0.39, 0.29) is 0 Å². The highest BCUT2D eigenvalue weighted by molar-refractivity contribution is 5.77. The summed E-state index contributed by atoms with van der Waals surface area (Å²) in [5, 5.41) is 8.78. The third-order valence-corrected chi connectivity index (χ3v) is 2.94. The highest BCUT2D eigenvalue weighted by atomic mass is 16.5. The van der Waals surface area contributed by atoms with E-state index in [2.05, 4.69) is 20.5 Å². The van der Waals surface area contributed by atoms with Crippen molar-refractivity contribution in [2.75, 3.05) is 21.2 Å². The smallest absolute Gasteiger partial charge is 0.124 e. The second kappa shape index (κ2) is 5.72. The van der Waals surface area contributed by atoms with Gasteiger partial charge in [-0.1, -0.05) is 0 Å². The van der Waals surface area contributed by atoms with Crippen LogP contribution in [0.5, 0.6) is 5.75 Å². The summed E-state index contributed by atoms with van der Waals surface area (Å²) in [6, 6.07) is 8.04. The quantitative estimate of drug-likeness (QED) is 0.823. The number of aryl methyl sites for hydroxylation is 1. The number of ether oxygens (including phenoxy) is 1. The van der Waals surface area contributed by atoms with Gasteiger partial charge in [0, 0.05) is 12.6 Å². The zero-order valence-electron chi connectivity index (χ0n) is 11.6. The predicted octanol–water partition coefficient (Wildman–Crippen LogP) is 2.02. The summed E-state index contributed by atoms with van der Waals surface area (Å²) in [5.74, 6) is 1.78. The van der Waals surface area contributed by atoms with Crippen molar-refractivity contribution in [1.82, 2.24) is 14.5 Å². The SMILES string of the molecule is COc1ccc2c(c1)nc(CN(C)C)n2CCC#N. The molecular weight excluding hydrogens is 240 g/mol. The fraction of sp³-hybridized carbons (Fsp3) is 0.429. The number of aromatic nitrogens is 2. The third-order valence-electron chi connectivity index (χ3n) is 2.94. The maximum Gasteiger partial charge on any atom is 0.124 e. The van der Waals surface area contributed by atoms with Gasteiger partial charge in [0.25, 0.3) is 0 Å². The molecular formula is C14H18N4O. The standard InChI is InChI=1S/C14H18N4O/c1-17(2)10-14-16-12-9-11(19-3)5-6-13(12)18(14)8-4-7-15/h5-6,9H,4,8,10H2,1-3H3. The molecule has 100 valence electrons. The fourth-order valence-corrected chi connectivity index (χ4v) is 2.10. The van der Waals surface area contributed by atoms with Crippen LogP contribution in [0, 0.1) is 11.3 Å². The van der Waals surface area contributed by atoms with Gasteiger partial charge in [-0.2, -0.15) is 5.26 Å². The Morgan fingerprint density at radius 1 is 1.42 bits per heavy atom. The Morgan fingerprint density at radius 3 is 2.84 bits per heavy atom. The normalized spacial score (nSPS) is 10.9. The summed E-state index contributed by atoms with van der Waals surface area (Å²) in [6.45, 7) is 1.42. The zero-order chi connectivity index (χ0) is 13.8. The Hall–Kier alpha value is -2.06. The van der Waals surface area contributed by atoms with Crippen LogP contribution in [0.2, 0.25) is 0 Å². The van der Waals surface area contributed by atoms with Crippen molar-refractivity contribution in [2.45, 2.75) is 19.5 Å².